The van der Waals surface area contributed by atoms with Crippen LogP contribution in [0, 0.1) is 11.8 Å². The molecule has 110 valence electrons. The van der Waals surface area contributed by atoms with E-state index in [1.54, 1.807) is 12.1 Å². The second-order valence-electron chi connectivity index (χ2n) is 4.81. The van der Waals surface area contributed by atoms with E-state index in [1.807, 2.05) is 19.1 Å². The molecule has 0 heterocycles. The Balaban J connectivity index is 2.85. The molecule has 1 unspecified atom stereocenters. The lowest BCUT2D eigenvalue weighted by atomic mass is 10.0. The van der Waals surface area contributed by atoms with E-state index in [1.165, 1.54) is 6.26 Å². The van der Waals surface area contributed by atoms with Crippen molar-refractivity contribution in [3.63, 3.8) is 0 Å². The first kappa shape index (κ1) is 16.7. The van der Waals surface area contributed by atoms with Gasteiger partial charge in [-0.05, 0) is 44.0 Å². The minimum Gasteiger partial charge on any atom is -0.310 e. The maximum atomic E-state index is 11.5. The van der Waals surface area contributed by atoms with Crippen LogP contribution < -0.4 is 5.32 Å². The van der Waals surface area contributed by atoms with Crippen LogP contribution in [0.25, 0.3) is 0 Å². The molecule has 0 aliphatic rings. The molecule has 0 spiro atoms. The van der Waals surface area contributed by atoms with Crippen molar-refractivity contribution in [1.82, 2.24) is 5.32 Å². The van der Waals surface area contributed by atoms with Crippen molar-refractivity contribution in [2.75, 3.05) is 12.8 Å². The van der Waals surface area contributed by atoms with Crippen LogP contribution in [-0.4, -0.2) is 21.2 Å². The van der Waals surface area contributed by atoms with Crippen LogP contribution in [0.3, 0.4) is 0 Å². The van der Waals surface area contributed by atoms with Crippen molar-refractivity contribution >= 4 is 9.84 Å². The van der Waals surface area contributed by atoms with Crippen molar-refractivity contribution in [2.45, 2.75) is 44.0 Å². The van der Waals surface area contributed by atoms with E-state index in [0.29, 0.717) is 4.90 Å². The summed E-state index contributed by atoms with van der Waals surface area (Å²) in [6, 6.07) is 7.36. The Morgan fingerprint density at radius 1 is 1.25 bits per heavy atom. The highest BCUT2D eigenvalue weighted by Crippen LogP contribution is 2.20. The van der Waals surface area contributed by atoms with Gasteiger partial charge in [0.1, 0.15) is 0 Å². The van der Waals surface area contributed by atoms with Crippen LogP contribution in [-0.2, 0) is 9.84 Å². The van der Waals surface area contributed by atoms with E-state index in [9.17, 15) is 8.42 Å². The average Bonchev–Trinajstić information content (AvgIpc) is 2.42. The van der Waals surface area contributed by atoms with Crippen LogP contribution in [0.2, 0.25) is 0 Å². The van der Waals surface area contributed by atoms with Gasteiger partial charge in [-0.1, -0.05) is 19.1 Å². The molecular formula is C16H23NO2S. The van der Waals surface area contributed by atoms with E-state index < -0.39 is 9.84 Å². The third kappa shape index (κ3) is 5.36. The molecule has 0 amide bonds. The minimum atomic E-state index is -3.13. The summed E-state index contributed by atoms with van der Waals surface area (Å²) < 4.78 is 22.9. The van der Waals surface area contributed by atoms with Gasteiger partial charge in [0.15, 0.2) is 9.84 Å². The standard InChI is InChI=1S/C16H23NO2S/c1-4-6-7-8-16(17-13-5-2)14-9-11-15(12-10-14)20(3,18)19/h9-12,16-17H,5,7-8,13H2,1-3H3. The number of hydrogen-bond acceptors (Lipinski definition) is 3. The van der Waals surface area contributed by atoms with Gasteiger partial charge < -0.3 is 5.32 Å². The summed E-state index contributed by atoms with van der Waals surface area (Å²) >= 11 is 0. The van der Waals surface area contributed by atoms with E-state index in [4.69, 9.17) is 0 Å². The Morgan fingerprint density at radius 3 is 2.40 bits per heavy atom. The number of sulfone groups is 1. The monoisotopic (exact) mass is 293 g/mol. The zero-order valence-corrected chi connectivity index (χ0v) is 13.3. The zero-order chi connectivity index (χ0) is 15.0. The van der Waals surface area contributed by atoms with Gasteiger partial charge in [-0.3, -0.25) is 0 Å². The second-order valence-corrected chi connectivity index (χ2v) is 6.83. The Bertz CT molecular complexity index is 565. The van der Waals surface area contributed by atoms with Gasteiger partial charge in [-0.25, -0.2) is 8.42 Å². The molecule has 4 heteroatoms. The summed E-state index contributed by atoms with van der Waals surface area (Å²) in [4.78, 5) is 0.365. The van der Waals surface area contributed by atoms with Gasteiger partial charge in [0, 0.05) is 18.7 Å². The van der Waals surface area contributed by atoms with Crippen molar-refractivity contribution in [1.29, 1.82) is 0 Å². The Morgan fingerprint density at radius 2 is 1.90 bits per heavy atom. The zero-order valence-electron chi connectivity index (χ0n) is 12.4. The molecule has 0 aromatic heterocycles. The average molecular weight is 293 g/mol. The molecule has 1 rings (SSSR count). The molecule has 0 aliphatic heterocycles. The van der Waals surface area contributed by atoms with Crippen molar-refractivity contribution < 1.29 is 8.42 Å². The second kappa shape index (κ2) is 8.08. The molecule has 0 radical (unpaired) electrons. The molecule has 1 atom stereocenters. The molecule has 0 saturated carbocycles. The molecule has 1 N–H and O–H groups in total. The first-order valence-electron chi connectivity index (χ1n) is 6.92. The molecule has 0 saturated heterocycles. The number of benzene rings is 1. The van der Waals surface area contributed by atoms with Crippen molar-refractivity contribution in [3.05, 3.63) is 29.8 Å². The number of nitrogens with one attached hydrogen (secondary N) is 1. The molecular weight excluding hydrogens is 270 g/mol. The Hall–Kier alpha value is -1.31. The first-order chi connectivity index (χ1) is 9.49. The quantitative estimate of drug-likeness (QED) is 0.786. The maximum Gasteiger partial charge on any atom is 0.175 e. The molecule has 1 aromatic carbocycles. The van der Waals surface area contributed by atoms with E-state index in [0.717, 1.165) is 31.4 Å². The lowest BCUT2D eigenvalue weighted by molar-refractivity contribution is 0.505. The molecule has 20 heavy (non-hydrogen) atoms. The smallest absolute Gasteiger partial charge is 0.175 e. The van der Waals surface area contributed by atoms with Crippen LogP contribution >= 0.6 is 0 Å². The molecule has 0 fully saturated rings. The summed E-state index contributed by atoms with van der Waals surface area (Å²) in [6.45, 7) is 4.91. The lowest BCUT2D eigenvalue weighted by Gasteiger charge is -2.18. The molecule has 1 aromatic rings. The fourth-order valence-electron chi connectivity index (χ4n) is 1.99. The Labute approximate surface area is 122 Å². The highest BCUT2D eigenvalue weighted by molar-refractivity contribution is 7.90. The van der Waals surface area contributed by atoms with E-state index in [-0.39, 0.29) is 6.04 Å². The Kier molecular flexibility index (Phi) is 6.77. The van der Waals surface area contributed by atoms with Crippen LogP contribution in [0.5, 0.6) is 0 Å². The van der Waals surface area contributed by atoms with Gasteiger partial charge in [-0.2, -0.15) is 0 Å². The van der Waals surface area contributed by atoms with Crippen molar-refractivity contribution in [2.24, 2.45) is 0 Å². The van der Waals surface area contributed by atoms with Gasteiger partial charge >= 0.3 is 0 Å². The van der Waals surface area contributed by atoms with Gasteiger partial charge in [-0.15, -0.1) is 11.8 Å². The van der Waals surface area contributed by atoms with Gasteiger partial charge in [0.2, 0.25) is 0 Å². The van der Waals surface area contributed by atoms with Gasteiger partial charge in [0.25, 0.3) is 0 Å². The van der Waals surface area contributed by atoms with E-state index >= 15 is 0 Å². The van der Waals surface area contributed by atoms with Crippen LogP contribution in [0.4, 0.5) is 0 Å². The number of rotatable bonds is 7. The minimum absolute atomic E-state index is 0.226. The lowest BCUT2D eigenvalue weighted by Crippen LogP contribution is -2.22. The summed E-state index contributed by atoms with van der Waals surface area (Å²) in [6.07, 6.45) is 4.06. The van der Waals surface area contributed by atoms with Crippen LogP contribution in [0.15, 0.2) is 29.2 Å². The summed E-state index contributed by atoms with van der Waals surface area (Å²) in [7, 11) is -3.13. The topological polar surface area (TPSA) is 46.2 Å². The van der Waals surface area contributed by atoms with Crippen LogP contribution in [0.1, 0.15) is 44.7 Å². The third-order valence-electron chi connectivity index (χ3n) is 3.09. The van der Waals surface area contributed by atoms with Gasteiger partial charge in [0.05, 0.1) is 4.90 Å². The predicted octanol–water partition coefficient (Wildman–Crippen LogP) is 2.93. The van der Waals surface area contributed by atoms with E-state index in [2.05, 4.69) is 24.1 Å². The highest BCUT2D eigenvalue weighted by Gasteiger charge is 2.12. The molecule has 0 aliphatic carbocycles. The maximum absolute atomic E-state index is 11.5. The largest absolute Gasteiger partial charge is 0.310 e. The predicted molar refractivity (Wildman–Crippen MR) is 83.3 cm³/mol. The van der Waals surface area contributed by atoms with Crippen molar-refractivity contribution in [3.8, 4) is 11.8 Å². The summed E-state index contributed by atoms with van der Waals surface area (Å²) in [5, 5.41) is 3.49. The fourth-order valence-corrected chi connectivity index (χ4v) is 2.62. The normalized spacial score (nSPS) is 12.6. The summed E-state index contributed by atoms with van der Waals surface area (Å²) in [5.41, 5.74) is 1.11. The SMILES string of the molecule is CC#CCCC(NCCC)c1ccc(S(C)(=O)=O)cc1. The molecule has 0 bridgehead atoms. The first-order valence-corrected chi connectivity index (χ1v) is 8.81. The fraction of sp³-hybridized carbons (Fsp3) is 0.500. The highest BCUT2D eigenvalue weighted by atomic mass is 32.2. The molecule has 3 nitrogen and oxygen atoms in total. The third-order valence-corrected chi connectivity index (χ3v) is 4.21. The number of hydrogen-bond donors (Lipinski definition) is 1. The summed E-state index contributed by atoms with van der Waals surface area (Å²) in [5.74, 6) is 5.98.